The molecule has 6 aromatic rings. The molecule has 1 heterocycles. The average Bonchev–Trinajstić information content (AvgIpc) is 3.89. The number of fused-ring (bicyclic) bond motifs is 1. The molecular formula is C60H67N3O11S. The number of unbranched alkanes of at least 4 members (excludes halogenated alkanes) is 6. The molecule has 1 N–H and O–H groups in total. The van der Waals surface area contributed by atoms with Crippen molar-refractivity contribution in [2.24, 2.45) is 4.99 Å². The number of ether oxygens (including phenoxy) is 8. The molecule has 0 fully saturated rings. The van der Waals surface area contributed by atoms with Crippen LogP contribution in [0.15, 0.2) is 139 Å². The molecule has 0 radical (unpaired) electrons. The number of rotatable bonds is 35. The van der Waals surface area contributed by atoms with Crippen molar-refractivity contribution in [3.05, 3.63) is 151 Å². The lowest BCUT2D eigenvalue weighted by atomic mass is 10.00. The number of hydrogen-bond acceptors (Lipinski definition) is 15. The number of aliphatic hydroxyl groups excluding tert-OH is 1. The van der Waals surface area contributed by atoms with Crippen LogP contribution in [0, 0.1) is 12.3 Å². The van der Waals surface area contributed by atoms with Gasteiger partial charge < -0.3 is 47.9 Å². The number of para-hydroxylation sites is 1. The highest BCUT2D eigenvalue weighted by Gasteiger charge is 2.14. The van der Waals surface area contributed by atoms with Crippen molar-refractivity contribution >= 4 is 44.8 Å². The Morgan fingerprint density at radius 2 is 1.37 bits per heavy atom. The monoisotopic (exact) mass is 1040 g/mol. The number of aliphatic hydroxyl groups is 1. The second kappa shape index (κ2) is 31.8. The van der Waals surface area contributed by atoms with Crippen molar-refractivity contribution in [2.45, 2.75) is 77.3 Å². The van der Waals surface area contributed by atoms with Crippen molar-refractivity contribution in [1.29, 1.82) is 0 Å². The van der Waals surface area contributed by atoms with Gasteiger partial charge in [-0.1, -0.05) is 79.4 Å². The van der Waals surface area contributed by atoms with Gasteiger partial charge in [-0.3, -0.25) is 4.99 Å². The van der Waals surface area contributed by atoms with Crippen LogP contribution in [0.5, 0.6) is 28.7 Å². The highest BCUT2D eigenvalue weighted by molar-refractivity contribution is 7.22. The summed E-state index contributed by atoms with van der Waals surface area (Å²) in [6.07, 6.45) is 16.5. The van der Waals surface area contributed by atoms with E-state index in [-0.39, 0.29) is 25.9 Å². The van der Waals surface area contributed by atoms with Crippen LogP contribution in [0.1, 0.15) is 74.5 Å². The normalized spacial score (nSPS) is 11.4. The first kappa shape index (κ1) is 56.7. The van der Waals surface area contributed by atoms with Gasteiger partial charge in [0.1, 0.15) is 37.1 Å². The maximum atomic E-state index is 11.7. The number of esters is 2. The lowest BCUT2D eigenvalue weighted by Crippen LogP contribution is -2.25. The number of anilines is 1. The molecule has 0 aliphatic heterocycles. The van der Waals surface area contributed by atoms with Gasteiger partial charge >= 0.3 is 11.9 Å². The zero-order chi connectivity index (χ0) is 52.9. The summed E-state index contributed by atoms with van der Waals surface area (Å²) in [4.78, 5) is 34.7. The van der Waals surface area contributed by atoms with Crippen molar-refractivity contribution in [2.75, 3.05) is 58.3 Å². The summed E-state index contributed by atoms with van der Waals surface area (Å²) in [7, 11) is 1.62. The van der Waals surface area contributed by atoms with Crippen LogP contribution in [-0.2, 0) is 37.0 Å². The Hall–Kier alpha value is -7.64. The molecule has 0 spiro atoms. The van der Waals surface area contributed by atoms with Crippen molar-refractivity contribution in [1.82, 2.24) is 4.98 Å². The van der Waals surface area contributed by atoms with Crippen LogP contribution in [0.25, 0.3) is 21.3 Å². The largest absolute Gasteiger partial charge is 0.494 e. The molecule has 5 aromatic carbocycles. The molecule has 14 nitrogen and oxygen atoms in total. The molecule has 75 heavy (non-hydrogen) atoms. The van der Waals surface area contributed by atoms with E-state index in [0.717, 1.165) is 106 Å². The second-order valence-corrected chi connectivity index (χ2v) is 18.2. The molecule has 0 aliphatic rings. The van der Waals surface area contributed by atoms with Gasteiger partial charge in [0.2, 0.25) is 0 Å². The van der Waals surface area contributed by atoms with Crippen LogP contribution in [0.2, 0.25) is 0 Å². The average molecular weight is 1040 g/mol. The molecule has 0 saturated carbocycles. The molecule has 6 rings (SSSR count). The topological polar surface area (TPSA) is 157 Å². The van der Waals surface area contributed by atoms with E-state index in [1.165, 1.54) is 12.2 Å². The quantitative estimate of drug-likeness (QED) is 0.00587. The minimum absolute atomic E-state index is 0.170. The van der Waals surface area contributed by atoms with E-state index >= 15 is 0 Å². The first-order valence-corrected chi connectivity index (χ1v) is 26.0. The molecule has 0 aliphatic carbocycles. The van der Waals surface area contributed by atoms with E-state index < -0.39 is 12.3 Å². The number of carbonyl (C=O) groups excluding carboxylic acids is 2. The minimum Gasteiger partial charge on any atom is -0.494 e. The summed E-state index contributed by atoms with van der Waals surface area (Å²) in [6, 6.07) is 35.6. The maximum absolute atomic E-state index is 11.7. The number of benzene rings is 5. The Morgan fingerprint density at radius 1 is 0.720 bits per heavy atom. The highest BCUT2D eigenvalue weighted by atomic mass is 32.1. The first-order valence-electron chi connectivity index (χ1n) is 25.2. The summed E-state index contributed by atoms with van der Waals surface area (Å²) in [5.74, 6) is 4.38. The van der Waals surface area contributed by atoms with Gasteiger partial charge in [0.25, 0.3) is 0 Å². The van der Waals surface area contributed by atoms with Gasteiger partial charge in [0.05, 0.1) is 50.4 Å². The van der Waals surface area contributed by atoms with E-state index in [9.17, 15) is 14.7 Å². The SMILES string of the molecule is C#CC(=O)OCCCN(CN=Cc1cc(OCc2ccc(OCCCCCCOC(O)C=C)c(OC)c2)ccc1-c1ccc(OCc2ccc(OCCCCCCOC(=O)C=C)cc2)cc1)c1nc2ccccc2s1. The second-order valence-electron chi connectivity index (χ2n) is 17.2. The van der Waals surface area contributed by atoms with E-state index in [0.29, 0.717) is 63.2 Å². The van der Waals surface area contributed by atoms with Crippen LogP contribution in [0.3, 0.4) is 0 Å². The Labute approximate surface area is 444 Å². The Kier molecular flexibility index (Phi) is 24.0. The van der Waals surface area contributed by atoms with Crippen molar-refractivity contribution < 1.29 is 52.6 Å². The number of methoxy groups -OCH3 is 1. The van der Waals surface area contributed by atoms with E-state index in [1.54, 1.807) is 18.4 Å². The minimum atomic E-state index is -0.922. The highest BCUT2D eigenvalue weighted by Crippen LogP contribution is 2.32. The third kappa shape index (κ3) is 19.6. The molecule has 15 heteroatoms. The lowest BCUT2D eigenvalue weighted by molar-refractivity contribution is -0.138. The predicted octanol–water partition coefficient (Wildman–Crippen LogP) is 11.7. The predicted molar refractivity (Wildman–Crippen MR) is 295 cm³/mol. The van der Waals surface area contributed by atoms with Crippen LogP contribution in [0.4, 0.5) is 5.13 Å². The molecule has 1 atom stereocenters. The first-order chi connectivity index (χ1) is 36.7. The number of terminal acetylenes is 1. The lowest BCUT2D eigenvalue weighted by Gasteiger charge is -2.19. The molecular weight excluding hydrogens is 971 g/mol. The number of nitrogens with zero attached hydrogens (tertiary/aromatic N) is 3. The van der Waals surface area contributed by atoms with Crippen molar-refractivity contribution in [3.8, 4) is 52.2 Å². The number of aromatic nitrogens is 1. The Morgan fingerprint density at radius 3 is 2.11 bits per heavy atom. The Bertz CT molecular complexity index is 2750. The number of hydrogen-bond donors (Lipinski definition) is 1. The number of carbonyl (C=O) groups is 2. The van der Waals surface area contributed by atoms with E-state index in [4.69, 9.17) is 54.3 Å². The van der Waals surface area contributed by atoms with Crippen LogP contribution >= 0.6 is 11.3 Å². The number of thiazole rings is 1. The molecule has 0 bridgehead atoms. The fourth-order valence-corrected chi connectivity index (χ4v) is 8.56. The van der Waals surface area contributed by atoms with E-state index in [1.807, 2.05) is 121 Å². The fraction of sp³-hybridized carbons (Fsp3) is 0.333. The standard InChI is InChI=1S/C60H67N3O11S/c1-5-57(64)70-36-16-10-8-14-34-68-49-26-21-45(22-27-49)42-73-50-28-24-47(25-29-50)52-31-30-51(74-43-46-23-32-54(55(39-46)67-4)69-35-15-9-11-17-37-71-58(65)6-2)40-48(52)41-61-44-63(33-18-38-72-59(66)7-3)60-62-53-19-12-13-20-56(53)75-60/h3,5-6,12-13,19-32,39-41,58,65H,1-2,8-11,14-18,33-38,42-44H2,4H3. The smallest absolute Gasteiger partial charge is 0.384 e. The van der Waals surface area contributed by atoms with Gasteiger partial charge in [-0.15, -0.1) is 6.42 Å². The zero-order valence-electron chi connectivity index (χ0n) is 42.7. The summed E-state index contributed by atoms with van der Waals surface area (Å²) < 4.78 is 46.8. The number of aliphatic imine (C=N–C) groups is 1. The fourth-order valence-electron chi connectivity index (χ4n) is 7.58. The summed E-state index contributed by atoms with van der Waals surface area (Å²) >= 11 is 1.57. The Balaban J connectivity index is 1.10. The zero-order valence-corrected chi connectivity index (χ0v) is 43.5. The van der Waals surface area contributed by atoms with Gasteiger partial charge in [0, 0.05) is 30.3 Å². The third-order valence-electron chi connectivity index (χ3n) is 11.6. The molecule has 0 amide bonds. The third-order valence-corrected chi connectivity index (χ3v) is 12.7. The molecule has 1 aromatic heterocycles. The van der Waals surface area contributed by atoms with Crippen LogP contribution < -0.4 is 28.6 Å². The summed E-state index contributed by atoms with van der Waals surface area (Å²) in [6.45, 7) is 10.6. The van der Waals surface area contributed by atoms with Gasteiger partial charge in [-0.25, -0.2) is 14.6 Å². The van der Waals surface area contributed by atoms with Gasteiger partial charge in [-0.05, 0) is 140 Å². The summed E-state index contributed by atoms with van der Waals surface area (Å²) in [5, 5.41) is 10.3. The summed E-state index contributed by atoms with van der Waals surface area (Å²) in [5.41, 5.74) is 5.56. The molecule has 1 unspecified atom stereocenters. The maximum Gasteiger partial charge on any atom is 0.384 e. The van der Waals surface area contributed by atoms with Crippen LogP contribution in [-0.4, -0.2) is 87.9 Å². The molecule has 0 saturated heterocycles. The van der Waals surface area contributed by atoms with E-state index in [2.05, 4.69) is 18.1 Å². The molecule has 394 valence electrons. The van der Waals surface area contributed by atoms with Crippen molar-refractivity contribution in [3.63, 3.8) is 0 Å². The van der Waals surface area contributed by atoms with Gasteiger partial charge in [-0.2, -0.15) is 0 Å². The van der Waals surface area contributed by atoms with Gasteiger partial charge in [0.15, 0.2) is 22.9 Å².